The number of hydrogen-bond donors (Lipinski definition) is 1. The Labute approximate surface area is 225 Å². The van der Waals surface area contributed by atoms with Crippen LogP contribution in [0.4, 0.5) is 0 Å². The summed E-state index contributed by atoms with van der Waals surface area (Å²) in [5, 5.41) is 10.1. The van der Waals surface area contributed by atoms with Crippen molar-refractivity contribution in [1.82, 2.24) is 0 Å². The zero-order valence-electron chi connectivity index (χ0n) is 23.5. The van der Waals surface area contributed by atoms with E-state index in [1.54, 1.807) is 24.3 Å². The fraction of sp³-hybridized carbons (Fsp3) is 0.448. The smallest absolute Gasteiger partial charge is 0.196 e. The van der Waals surface area contributed by atoms with Gasteiger partial charge >= 0.3 is 0 Å². The van der Waals surface area contributed by atoms with Crippen molar-refractivity contribution >= 4 is 19.9 Å². The van der Waals surface area contributed by atoms with Crippen molar-refractivity contribution < 1.29 is 38.1 Å². The summed E-state index contributed by atoms with van der Waals surface area (Å²) in [7, 11) is 0.546. The van der Waals surface area contributed by atoms with E-state index >= 15 is 0 Å². The van der Waals surface area contributed by atoms with Gasteiger partial charge in [-0.05, 0) is 66.5 Å². The number of ketones is 2. The molecule has 1 N–H and O–H groups in total. The first-order valence-corrected chi connectivity index (χ1v) is 15.4. The monoisotopic (exact) mass is 542 g/mol. The molecular formula is C29H38O8Si. The number of allylic oxidation sites excluding steroid dienone is 1. The van der Waals surface area contributed by atoms with Crippen LogP contribution in [0.1, 0.15) is 52.6 Å². The number of phenols is 1. The molecular weight excluding hydrogens is 504 g/mol. The largest absolute Gasteiger partial charge is 0.508 e. The minimum atomic E-state index is -2.40. The number of benzene rings is 2. The number of rotatable bonds is 11. The van der Waals surface area contributed by atoms with Crippen LogP contribution >= 0.6 is 0 Å². The van der Waals surface area contributed by atoms with Gasteiger partial charge in [-0.25, -0.2) is 0 Å². The van der Waals surface area contributed by atoms with Crippen molar-refractivity contribution in [2.45, 2.75) is 58.4 Å². The van der Waals surface area contributed by atoms with E-state index in [1.165, 1.54) is 20.3 Å². The fourth-order valence-electron chi connectivity index (χ4n) is 4.10. The first-order valence-electron chi connectivity index (χ1n) is 12.5. The normalized spacial score (nSPS) is 14.7. The van der Waals surface area contributed by atoms with Gasteiger partial charge in [0, 0.05) is 26.2 Å². The Kier molecular flexibility index (Phi) is 9.20. The Morgan fingerprint density at radius 3 is 2.03 bits per heavy atom. The highest BCUT2D eigenvalue weighted by molar-refractivity contribution is 6.74. The number of ether oxygens (including phenoxy) is 4. The molecule has 1 atom stereocenters. The number of aryl methyl sites for hydroxylation is 1. The van der Waals surface area contributed by atoms with Gasteiger partial charge in [-0.15, -0.1) is 0 Å². The Bertz CT molecular complexity index is 1210. The van der Waals surface area contributed by atoms with Crippen LogP contribution in [0.5, 0.6) is 17.2 Å². The number of Topliss-reactive ketones (excluding diaryl/α,β-unsaturated/α-hetero) is 1. The average Bonchev–Trinajstić information content (AvgIpc) is 2.81. The number of fused-ring (bicyclic) bond motifs is 1. The van der Waals surface area contributed by atoms with Crippen LogP contribution in [0, 0.1) is 6.92 Å². The Balaban J connectivity index is 2.14. The molecule has 0 spiro atoms. The Morgan fingerprint density at radius 1 is 0.921 bits per heavy atom. The van der Waals surface area contributed by atoms with Gasteiger partial charge in [0.1, 0.15) is 17.2 Å². The number of carbonyl (C=O) groups is 2. The third kappa shape index (κ3) is 6.53. The van der Waals surface area contributed by atoms with Gasteiger partial charge in [0.15, 0.2) is 33.5 Å². The lowest BCUT2D eigenvalue weighted by molar-refractivity contribution is 0.0467. The summed E-state index contributed by atoms with van der Waals surface area (Å²) < 4.78 is 28.1. The molecule has 8 nitrogen and oxygen atoms in total. The fourth-order valence-corrected chi connectivity index (χ4v) is 5.38. The molecule has 2 aromatic rings. The third-order valence-electron chi connectivity index (χ3n) is 6.95. The van der Waals surface area contributed by atoms with E-state index in [0.29, 0.717) is 6.42 Å². The van der Waals surface area contributed by atoms with Crippen LogP contribution in [0.25, 0.3) is 0 Å². The number of aromatic hydroxyl groups is 1. The average molecular weight is 543 g/mol. The lowest BCUT2D eigenvalue weighted by Gasteiger charge is -2.40. The maximum Gasteiger partial charge on any atom is 0.196 e. The SMILES string of the molecule is COCOc1ccc(OCOC)c2c1C(=O)C=C([C@@H](Cc1cc(C)cc(O)c1)O[Si](C)(C)C(C)(C)C)C2=O. The number of carbonyl (C=O) groups excluding carboxylic acids is 2. The lowest BCUT2D eigenvalue weighted by Crippen LogP contribution is -2.46. The molecule has 38 heavy (non-hydrogen) atoms. The molecule has 0 aromatic heterocycles. The van der Waals surface area contributed by atoms with Gasteiger partial charge in [-0.3, -0.25) is 9.59 Å². The third-order valence-corrected chi connectivity index (χ3v) is 11.4. The molecule has 1 aliphatic carbocycles. The van der Waals surface area contributed by atoms with Crippen LogP contribution in [0.15, 0.2) is 42.0 Å². The van der Waals surface area contributed by atoms with Crippen molar-refractivity contribution in [3.05, 3.63) is 64.2 Å². The van der Waals surface area contributed by atoms with E-state index in [9.17, 15) is 14.7 Å². The zero-order chi connectivity index (χ0) is 28.3. The molecule has 206 valence electrons. The molecule has 0 saturated carbocycles. The summed E-state index contributed by atoms with van der Waals surface area (Å²) in [6.07, 6.45) is 0.925. The Morgan fingerprint density at radius 2 is 1.50 bits per heavy atom. The maximum atomic E-state index is 14.1. The van der Waals surface area contributed by atoms with Gasteiger partial charge in [0.05, 0.1) is 17.2 Å². The molecule has 1 aliphatic rings. The summed E-state index contributed by atoms with van der Waals surface area (Å²) in [4.78, 5) is 27.7. The highest BCUT2D eigenvalue weighted by Crippen LogP contribution is 2.41. The van der Waals surface area contributed by atoms with Crippen LogP contribution < -0.4 is 9.47 Å². The minimum Gasteiger partial charge on any atom is -0.508 e. The molecule has 0 saturated heterocycles. The molecule has 0 unspecified atom stereocenters. The Hall–Kier alpha value is -2.98. The number of methoxy groups -OCH3 is 2. The molecule has 0 aliphatic heterocycles. The molecule has 0 radical (unpaired) electrons. The minimum absolute atomic E-state index is 0.0866. The van der Waals surface area contributed by atoms with E-state index in [-0.39, 0.29) is 64.1 Å². The second-order valence-electron chi connectivity index (χ2n) is 11.0. The van der Waals surface area contributed by atoms with Crippen molar-refractivity contribution in [3.63, 3.8) is 0 Å². The predicted molar refractivity (Wildman–Crippen MR) is 147 cm³/mol. The standard InChI is InChI=1S/C29H38O8Si/c1-18-11-19(13-20(30)12-18)14-25(37-38(7,8)29(2,3)4)21-15-22(31)26-23(35-16-33-5)9-10-24(36-17-34-6)27(26)28(21)32/h9-13,15,25,30H,14,16-17H2,1-8H3/t25-/m1/s1. The quantitative estimate of drug-likeness (QED) is 0.289. The van der Waals surface area contributed by atoms with Crippen LogP contribution in [-0.2, 0) is 20.3 Å². The van der Waals surface area contributed by atoms with Gasteiger partial charge in [-0.2, -0.15) is 0 Å². The van der Waals surface area contributed by atoms with Gasteiger partial charge in [0.2, 0.25) is 0 Å². The van der Waals surface area contributed by atoms with E-state index in [4.69, 9.17) is 23.4 Å². The van der Waals surface area contributed by atoms with Crippen molar-refractivity contribution in [1.29, 1.82) is 0 Å². The molecule has 0 fully saturated rings. The van der Waals surface area contributed by atoms with Crippen LogP contribution in [-0.4, -0.2) is 58.9 Å². The van der Waals surface area contributed by atoms with Gasteiger partial charge in [0.25, 0.3) is 0 Å². The predicted octanol–water partition coefficient (Wildman–Crippen LogP) is 5.60. The summed E-state index contributed by atoms with van der Waals surface area (Å²) in [6, 6.07) is 8.42. The molecule has 9 heteroatoms. The summed E-state index contributed by atoms with van der Waals surface area (Å²) in [5.74, 6) is -0.194. The van der Waals surface area contributed by atoms with Crippen molar-refractivity contribution in [2.24, 2.45) is 0 Å². The molecule has 3 rings (SSSR count). The van der Waals surface area contributed by atoms with Gasteiger partial charge in [-0.1, -0.05) is 26.8 Å². The van der Waals surface area contributed by atoms with Crippen molar-refractivity contribution in [3.8, 4) is 17.2 Å². The number of phenolic OH excluding ortho intramolecular Hbond substituents is 1. The highest BCUT2D eigenvalue weighted by atomic mass is 28.4. The molecule has 0 amide bonds. The molecule has 2 aromatic carbocycles. The van der Waals surface area contributed by atoms with Gasteiger partial charge < -0.3 is 28.5 Å². The zero-order valence-corrected chi connectivity index (χ0v) is 24.5. The maximum absolute atomic E-state index is 14.1. The number of hydrogen-bond acceptors (Lipinski definition) is 8. The van der Waals surface area contributed by atoms with Crippen molar-refractivity contribution in [2.75, 3.05) is 27.8 Å². The first-order chi connectivity index (χ1) is 17.8. The topological polar surface area (TPSA) is 101 Å². The summed E-state index contributed by atoms with van der Waals surface area (Å²) in [5.41, 5.74) is 2.13. The summed E-state index contributed by atoms with van der Waals surface area (Å²) in [6.45, 7) is 12.2. The van der Waals surface area contributed by atoms with Crippen LogP contribution in [0.2, 0.25) is 18.1 Å². The summed E-state index contributed by atoms with van der Waals surface area (Å²) >= 11 is 0. The van der Waals surface area contributed by atoms with E-state index in [1.807, 2.05) is 13.0 Å². The molecule has 0 heterocycles. The molecule has 0 bridgehead atoms. The van der Waals surface area contributed by atoms with E-state index < -0.39 is 14.4 Å². The first kappa shape index (κ1) is 29.6. The lowest BCUT2D eigenvalue weighted by atomic mass is 9.84. The second-order valence-corrected chi connectivity index (χ2v) is 15.7. The second kappa shape index (κ2) is 11.8. The van der Waals surface area contributed by atoms with Crippen LogP contribution in [0.3, 0.4) is 0 Å². The highest BCUT2D eigenvalue weighted by Gasteiger charge is 2.43. The van der Waals surface area contributed by atoms with E-state index in [2.05, 4.69) is 33.9 Å². The van der Waals surface area contributed by atoms with E-state index in [0.717, 1.165) is 11.1 Å².